The second-order valence-electron chi connectivity index (χ2n) is 3.49. The zero-order valence-corrected chi connectivity index (χ0v) is 9.45. The fourth-order valence-electron chi connectivity index (χ4n) is 1.41. The number of ether oxygens (including phenoxy) is 1. The summed E-state index contributed by atoms with van der Waals surface area (Å²) in [6, 6.07) is 3.58. The fraction of sp³-hybridized carbons (Fsp3) is 0.417. The Labute approximate surface area is 98.0 Å². The standard InChI is InChI=1S/C12H14F2O3/c1-2-17-11(16)6-4-8-7-9(12(13)14)3-5-10(8)15/h3,5,7,12,15H,2,4,6H2,1H3. The quantitative estimate of drug-likeness (QED) is 0.810. The predicted molar refractivity (Wildman–Crippen MR) is 58.0 cm³/mol. The average molecular weight is 244 g/mol. The summed E-state index contributed by atoms with van der Waals surface area (Å²) >= 11 is 0. The van der Waals surface area contributed by atoms with E-state index in [1.165, 1.54) is 12.1 Å². The number of phenolic OH excluding ortho intramolecular Hbond substituents is 1. The number of halogens is 2. The lowest BCUT2D eigenvalue weighted by Gasteiger charge is -2.07. The molecule has 0 saturated carbocycles. The number of carbonyl (C=O) groups is 1. The second kappa shape index (κ2) is 6.18. The van der Waals surface area contributed by atoms with Crippen molar-refractivity contribution in [2.45, 2.75) is 26.2 Å². The number of phenols is 1. The minimum atomic E-state index is -2.59. The Balaban J connectivity index is 2.69. The van der Waals surface area contributed by atoms with Crippen LogP contribution in [-0.4, -0.2) is 17.7 Å². The van der Waals surface area contributed by atoms with Gasteiger partial charge in [0.15, 0.2) is 0 Å². The van der Waals surface area contributed by atoms with Gasteiger partial charge in [0.1, 0.15) is 5.75 Å². The molecule has 94 valence electrons. The molecule has 0 bridgehead atoms. The van der Waals surface area contributed by atoms with Gasteiger partial charge in [-0.2, -0.15) is 0 Å². The minimum absolute atomic E-state index is 0.0636. The van der Waals surface area contributed by atoms with Gasteiger partial charge in [0.25, 0.3) is 6.43 Å². The van der Waals surface area contributed by atoms with Crippen LogP contribution in [0, 0.1) is 0 Å². The molecular formula is C12H14F2O3. The molecule has 1 rings (SSSR count). The van der Waals surface area contributed by atoms with E-state index in [1.54, 1.807) is 6.92 Å². The largest absolute Gasteiger partial charge is 0.508 e. The van der Waals surface area contributed by atoms with Crippen molar-refractivity contribution in [2.24, 2.45) is 0 Å². The van der Waals surface area contributed by atoms with E-state index in [0.29, 0.717) is 5.56 Å². The van der Waals surface area contributed by atoms with Gasteiger partial charge in [-0.05, 0) is 37.1 Å². The summed E-state index contributed by atoms with van der Waals surface area (Å²) < 4.78 is 29.6. The number of alkyl halides is 2. The van der Waals surface area contributed by atoms with Crippen LogP contribution in [-0.2, 0) is 16.0 Å². The van der Waals surface area contributed by atoms with Gasteiger partial charge in [0.2, 0.25) is 0 Å². The van der Waals surface area contributed by atoms with Gasteiger partial charge >= 0.3 is 5.97 Å². The van der Waals surface area contributed by atoms with Gasteiger partial charge < -0.3 is 9.84 Å². The van der Waals surface area contributed by atoms with Crippen LogP contribution in [0.2, 0.25) is 0 Å². The van der Waals surface area contributed by atoms with E-state index in [1.807, 2.05) is 0 Å². The van der Waals surface area contributed by atoms with Crippen LogP contribution in [0.3, 0.4) is 0 Å². The third-order valence-corrected chi connectivity index (χ3v) is 2.26. The molecule has 0 aromatic heterocycles. The van der Waals surface area contributed by atoms with Crippen LogP contribution in [0.15, 0.2) is 18.2 Å². The van der Waals surface area contributed by atoms with Gasteiger partial charge in [-0.15, -0.1) is 0 Å². The van der Waals surface area contributed by atoms with Crippen molar-refractivity contribution in [1.29, 1.82) is 0 Å². The molecule has 0 saturated heterocycles. The van der Waals surface area contributed by atoms with E-state index < -0.39 is 12.4 Å². The molecule has 0 aliphatic carbocycles. The summed E-state index contributed by atoms with van der Waals surface area (Å²) in [6.07, 6.45) is -2.34. The zero-order chi connectivity index (χ0) is 12.8. The Hall–Kier alpha value is -1.65. The molecular weight excluding hydrogens is 230 g/mol. The second-order valence-corrected chi connectivity index (χ2v) is 3.49. The Bertz CT molecular complexity index is 391. The number of hydrogen-bond acceptors (Lipinski definition) is 3. The highest BCUT2D eigenvalue weighted by molar-refractivity contribution is 5.69. The summed E-state index contributed by atoms with van der Waals surface area (Å²) in [7, 11) is 0. The first kappa shape index (κ1) is 13.4. The number of rotatable bonds is 5. The SMILES string of the molecule is CCOC(=O)CCc1cc(C(F)F)ccc1O. The molecule has 0 fully saturated rings. The van der Waals surface area contributed by atoms with Crippen molar-refractivity contribution in [1.82, 2.24) is 0 Å². The van der Waals surface area contributed by atoms with E-state index in [-0.39, 0.29) is 30.8 Å². The molecule has 3 nitrogen and oxygen atoms in total. The van der Waals surface area contributed by atoms with Crippen molar-refractivity contribution >= 4 is 5.97 Å². The van der Waals surface area contributed by atoms with E-state index in [4.69, 9.17) is 4.74 Å². The molecule has 0 amide bonds. The molecule has 0 spiro atoms. The predicted octanol–water partition coefficient (Wildman–Crippen LogP) is 2.83. The highest BCUT2D eigenvalue weighted by atomic mass is 19.3. The molecule has 0 atom stereocenters. The summed E-state index contributed by atoms with van der Waals surface area (Å²) in [5, 5.41) is 9.46. The average Bonchev–Trinajstić information content (AvgIpc) is 2.28. The van der Waals surface area contributed by atoms with Crippen LogP contribution in [0.5, 0.6) is 5.75 Å². The maximum atomic E-state index is 12.4. The van der Waals surface area contributed by atoms with Crippen molar-refractivity contribution in [3.63, 3.8) is 0 Å². The maximum Gasteiger partial charge on any atom is 0.306 e. The van der Waals surface area contributed by atoms with Gasteiger partial charge in [-0.3, -0.25) is 4.79 Å². The number of esters is 1. The van der Waals surface area contributed by atoms with Crippen molar-refractivity contribution < 1.29 is 23.4 Å². The first-order chi connectivity index (χ1) is 8.04. The number of aromatic hydroxyl groups is 1. The normalized spacial score (nSPS) is 10.6. The molecule has 0 radical (unpaired) electrons. The smallest absolute Gasteiger partial charge is 0.306 e. The van der Waals surface area contributed by atoms with E-state index >= 15 is 0 Å². The lowest BCUT2D eigenvalue weighted by atomic mass is 10.1. The van der Waals surface area contributed by atoms with Crippen molar-refractivity contribution in [2.75, 3.05) is 6.61 Å². The molecule has 17 heavy (non-hydrogen) atoms. The molecule has 1 aromatic carbocycles. The number of carbonyl (C=O) groups excluding carboxylic acids is 1. The molecule has 0 aliphatic rings. The molecule has 0 aliphatic heterocycles. The minimum Gasteiger partial charge on any atom is -0.508 e. The van der Waals surface area contributed by atoms with Crippen molar-refractivity contribution in [3.05, 3.63) is 29.3 Å². The van der Waals surface area contributed by atoms with Crippen LogP contribution in [0.1, 0.15) is 30.9 Å². The molecule has 1 aromatic rings. The van der Waals surface area contributed by atoms with Gasteiger partial charge in [0, 0.05) is 12.0 Å². The first-order valence-corrected chi connectivity index (χ1v) is 5.30. The molecule has 0 unspecified atom stereocenters. The van der Waals surface area contributed by atoms with E-state index in [2.05, 4.69) is 0 Å². The monoisotopic (exact) mass is 244 g/mol. The summed E-state index contributed by atoms with van der Waals surface area (Å²) in [4.78, 5) is 11.1. The molecule has 1 N–H and O–H groups in total. The van der Waals surface area contributed by atoms with Gasteiger partial charge in [-0.25, -0.2) is 8.78 Å². The van der Waals surface area contributed by atoms with E-state index in [0.717, 1.165) is 6.07 Å². The highest BCUT2D eigenvalue weighted by Gasteiger charge is 2.11. The van der Waals surface area contributed by atoms with Crippen LogP contribution in [0.4, 0.5) is 8.78 Å². The Kier molecular flexibility index (Phi) is 4.87. The van der Waals surface area contributed by atoms with Crippen LogP contribution < -0.4 is 0 Å². The third kappa shape index (κ3) is 4.01. The zero-order valence-electron chi connectivity index (χ0n) is 9.45. The van der Waals surface area contributed by atoms with Gasteiger partial charge in [-0.1, -0.05) is 0 Å². The molecule has 5 heteroatoms. The third-order valence-electron chi connectivity index (χ3n) is 2.26. The Morgan fingerprint density at radius 2 is 2.18 bits per heavy atom. The highest BCUT2D eigenvalue weighted by Crippen LogP contribution is 2.26. The summed E-state index contributed by atoms with van der Waals surface area (Å²) in [5.41, 5.74) is 0.164. The van der Waals surface area contributed by atoms with Crippen LogP contribution in [0.25, 0.3) is 0 Å². The number of benzene rings is 1. The lowest BCUT2D eigenvalue weighted by molar-refractivity contribution is -0.143. The summed E-state index contributed by atoms with van der Waals surface area (Å²) in [6.45, 7) is 1.97. The van der Waals surface area contributed by atoms with Gasteiger partial charge in [0.05, 0.1) is 6.61 Å². The van der Waals surface area contributed by atoms with Crippen LogP contribution >= 0.6 is 0 Å². The summed E-state index contributed by atoms with van der Waals surface area (Å²) in [5.74, 6) is -0.493. The molecule has 0 heterocycles. The first-order valence-electron chi connectivity index (χ1n) is 5.30. The van der Waals surface area contributed by atoms with E-state index in [9.17, 15) is 18.7 Å². The number of hydrogen-bond donors (Lipinski definition) is 1. The maximum absolute atomic E-state index is 12.4. The topological polar surface area (TPSA) is 46.5 Å². The fourth-order valence-corrected chi connectivity index (χ4v) is 1.41. The number of aryl methyl sites for hydroxylation is 1. The lowest BCUT2D eigenvalue weighted by Crippen LogP contribution is -2.05. The Morgan fingerprint density at radius 3 is 2.76 bits per heavy atom. The Morgan fingerprint density at radius 1 is 1.47 bits per heavy atom. The van der Waals surface area contributed by atoms with Crippen molar-refractivity contribution in [3.8, 4) is 5.75 Å².